The lowest BCUT2D eigenvalue weighted by Crippen LogP contribution is -2.13. The molecule has 4 N–H and O–H groups in total. The van der Waals surface area contributed by atoms with Crippen LogP contribution < -0.4 is 11.5 Å². The molecule has 0 aliphatic heterocycles. The monoisotopic (exact) mass is 235 g/mol. The smallest absolute Gasteiger partial charge is 0.221 e. The molecular weight excluding hydrogens is 226 g/mol. The molecule has 0 atom stereocenters. The van der Waals surface area contributed by atoms with Crippen molar-refractivity contribution in [2.75, 3.05) is 5.73 Å². The van der Waals surface area contributed by atoms with Gasteiger partial charge in [0.05, 0.1) is 11.4 Å². The number of primary amides is 1. The van der Waals surface area contributed by atoms with E-state index in [9.17, 15) is 4.79 Å². The predicted molar refractivity (Wildman–Crippen MR) is 64.1 cm³/mol. The molecule has 5 heteroatoms. The number of carbonyl (C=O) groups excluding carboxylic acids is 1. The van der Waals surface area contributed by atoms with Crippen molar-refractivity contribution in [1.82, 2.24) is 4.98 Å². The van der Waals surface area contributed by atoms with Gasteiger partial charge in [0, 0.05) is 17.0 Å². The minimum Gasteiger partial charge on any atom is -0.383 e. The van der Waals surface area contributed by atoms with Crippen LogP contribution in [-0.2, 0) is 11.2 Å². The first-order chi connectivity index (χ1) is 7.58. The number of carbonyl (C=O) groups is 1. The van der Waals surface area contributed by atoms with E-state index in [1.165, 1.54) is 6.20 Å². The first-order valence-electron chi connectivity index (χ1n) is 4.69. The molecular formula is C11H10ClN3O. The van der Waals surface area contributed by atoms with Crippen LogP contribution in [0.2, 0.25) is 5.02 Å². The van der Waals surface area contributed by atoms with Gasteiger partial charge in [-0.3, -0.25) is 4.79 Å². The SMILES string of the molecule is NC(=O)Cc1ccc2c(N)ncc(Cl)c2c1. The number of nitrogen functional groups attached to an aromatic ring is 1. The third-order valence-corrected chi connectivity index (χ3v) is 2.61. The highest BCUT2D eigenvalue weighted by Gasteiger charge is 2.06. The van der Waals surface area contributed by atoms with Crippen molar-refractivity contribution in [3.8, 4) is 0 Å². The summed E-state index contributed by atoms with van der Waals surface area (Å²) in [5.74, 6) is 0.0440. The summed E-state index contributed by atoms with van der Waals surface area (Å²) < 4.78 is 0. The van der Waals surface area contributed by atoms with E-state index >= 15 is 0 Å². The number of hydrogen-bond acceptors (Lipinski definition) is 3. The number of benzene rings is 1. The second kappa shape index (κ2) is 3.98. The summed E-state index contributed by atoms with van der Waals surface area (Å²) in [6.45, 7) is 0. The second-order valence-corrected chi connectivity index (χ2v) is 3.92. The molecule has 16 heavy (non-hydrogen) atoms. The number of pyridine rings is 1. The number of nitrogens with two attached hydrogens (primary N) is 2. The summed E-state index contributed by atoms with van der Waals surface area (Å²) in [7, 11) is 0. The molecule has 2 aromatic rings. The quantitative estimate of drug-likeness (QED) is 0.828. The molecule has 0 aliphatic rings. The lowest BCUT2D eigenvalue weighted by atomic mass is 10.1. The molecule has 0 aliphatic carbocycles. The van der Waals surface area contributed by atoms with Crippen LogP contribution in [-0.4, -0.2) is 10.9 Å². The summed E-state index contributed by atoms with van der Waals surface area (Å²) in [6.07, 6.45) is 1.68. The van der Waals surface area contributed by atoms with Crippen molar-refractivity contribution in [2.24, 2.45) is 5.73 Å². The highest BCUT2D eigenvalue weighted by Crippen LogP contribution is 2.27. The van der Waals surface area contributed by atoms with Crippen molar-refractivity contribution in [1.29, 1.82) is 0 Å². The zero-order valence-corrected chi connectivity index (χ0v) is 9.16. The Morgan fingerprint density at radius 3 is 2.81 bits per heavy atom. The van der Waals surface area contributed by atoms with Gasteiger partial charge in [-0.1, -0.05) is 23.7 Å². The first-order valence-corrected chi connectivity index (χ1v) is 5.06. The average molecular weight is 236 g/mol. The molecule has 82 valence electrons. The average Bonchev–Trinajstić information content (AvgIpc) is 2.23. The van der Waals surface area contributed by atoms with Crippen molar-refractivity contribution in [2.45, 2.75) is 6.42 Å². The van der Waals surface area contributed by atoms with Crippen LogP contribution in [0.1, 0.15) is 5.56 Å². The van der Waals surface area contributed by atoms with Gasteiger partial charge in [0.25, 0.3) is 0 Å². The van der Waals surface area contributed by atoms with Gasteiger partial charge in [-0.15, -0.1) is 0 Å². The van der Waals surface area contributed by atoms with Crippen molar-refractivity contribution in [3.63, 3.8) is 0 Å². The van der Waals surface area contributed by atoms with Crippen molar-refractivity contribution < 1.29 is 4.79 Å². The molecule has 0 unspecified atom stereocenters. The maximum absolute atomic E-state index is 10.8. The Kier molecular flexibility index (Phi) is 2.66. The Morgan fingerprint density at radius 2 is 2.12 bits per heavy atom. The maximum atomic E-state index is 10.8. The molecule has 0 fully saturated rings. The highest BCUT2D eigenvalue weighted by atomic mass is 35.5. The zero-order valence-electron chi connectivity index (χ0n) is 8.40. The van der Waals surface area contributed by atoms with E-state index in [0.717, 1.165) is 16.3 Å². The Hall–Kier alpha value is -1.81. The predicted octanol–water partition coefficient (Wildman–Crippen LogP) is 1.50. The largest absolute Gasteiger partial charge is 0.383 e. The summed E-state index contributed by atoms with van der Waals surface area (Å²) in [6, 6.07) is 5.39. The number of rotatable bonds is 2. The second-order valence-electron chi connectivity index (χ2n) is 3.51. The van der Waals surface area contributed by atoms with E-state index in [2.05, 4.69) is 4.98 Å². The molecule has 4 nitrogen and oxygen atoms in total. The third kappa shape index (κ3) is 1.92. The van der Waals surface area contributed by atoms with Gasteiger partial charge in [0.1, 0.15) is 5.82 Å². The fraction of sp³-hybridized carbons (Fsp3) is 0.0909. The maximum Gasteiger partial charge on any atom is 0.221 e. The number of fused-ring (bicyclic) bond motifs is 1. The van der Waals surface area contributed by atoms with E-state index in [4.69, 9.17) is 23.1 Å². The number of amides is 1. The number of aromatic nitrogens is 1. The Morgan fingerprint density at radius 1 is 1.38 bits per heavy atom. The molecule has 1 aromatic carbocycles. The van der Waals surface area contributed by atoms with E-state index in [0.29, 0.717) is 10.8 Å². The summed E-state index contributed by atoms with van der Waals surface area (Å²) in [5, 5.41) is 2.07. The Labute approximate surface area is 97.2 Å². The van der Waals surface area contributed by atoms with Crippen LogP contribution in [0.15, 0.2) is 24.4 Å². The van der Waals surface area contributed by atoms with E-state index < -0.39 is 0 Å². The van der Waals surface area contributed by atoms with Crippen LogP contribution in [0.4, 0.5) is 5.82 Å². The highest BCUT2D eigenvalue weighted by molar-refractivity contribution is 6.35. The summed E-state index contributed by atoms with van der Waals surface area (Å²) in [4.78, 5) is 14.8. The van der Waals surface area contributed by atoms with Crippen LogP contribution in [0, 0.1) is 0 Å². The fourth-order valence-electron chi connectivity index (χ4n) is 1.59. The van der Waals surface area contributed by atoms with Gasteiger partial charge in [0.15, 0.2) is 0 Å². The van der Waals surface area contributed by atoms with E-state index in [1.54, 1.807) is 18.2 Å². The van der Waals surface area contributed by atoms with E-state index in [1.807, 2.05) is 0 Å². The van der Waals surface area contributed by atoms with Gasteiger partial charge < -0.3 is 11.5 Å². The molecule has 1 aromatic heterocycles. The van der Waals surface area contributed by atoms with Gasteiger partial charge >= 0.3 is 0 Å². The van der Waals surface area contributed by atoms with Crippen LogP contribution in [0.3, 0.4) is 0 Å². The first kappa shape index (κ1) is 10.7. The molecule has 0 radical (unpaired) electrons. The molecule has 0 saturated heterocycles. The standard InChI is InChI=1S/C11H10ClN3O/c12-9-5-15-11(14)7-2-1-6(3-8(7)9)4-10(13)16/h1-3,5H,4H2,(H2,13,16)(H2,14,15). The lowest BCUT2D eigenvalue weighted by molar-refractivity contribution is -0.117. The van der Waals surface area contributed by atoms with Crippen molar-refractivity contribution >= 4 is 34.1 Å². The third-order valence-electron chi connectivity index (χ3n) is 2.31. The molecule has 1 heterocycles. The minimum absolute atomic E-state index is 0.189. The molecule has 0 saturated carbocycles. The number of anilines is 1. The minimum atomic E-state index is -0.377. The van der Waals surface area contributed by atoms with Gasteiger partial charge in [-0.05, 0) is 11.6 Å². The number of hydrogen-bond donors (Lipinski definition) is 2. The zero-order chi connectivity index (χ0) is 11.7. The normalized spacial score (nSPS) is 10.6. The number of nitrogens with zero attached hydrogens (tertiary/aromatic N) is 1. The summed E-state index contributed by atoms with van der Waals surface area (Å²) >= 11 is 6.00. The summed E-state index contributed by atoms with van der Waals surface area (Å²) in [5.41, 5.74) is 11.7. The topological polar surface area (TPSA) is 82.0 Å². The van der Waals surface area contributed by atoms with E-state index in [-0.39, 0.29) is 12.3 Å². The Bertz CT molecular complexity index is 568. The van der Waals surface area contributed by atoms with Gasteiger partial charge in [0.2, 0.25) is 5.91 Å². The van der Waals surface area contributed by atoms with Crippen LogP contribution >= 0.6 is 11.6 Å². The lowest BCUT2D eigenvalue weighted by Gasteiger charge is -2.05. The van der Waals surface area contributed by atoms with Gasteiger partial charge in [-0.25, -0.2) is 4.98 Å². The van der Waals surface area contributed by atoms with Crippen LogP contribution in [0.5, 0.6) is 0 Å². The fourth-order valence-corrected chi connectivity index (χ4v) is 1.79. The molecule has 0 spiro atoms. The van der Waals surface area contributed by atoms with Gasteiger partial charge in [-0.2, -0.15) is 0 Å². The molecule has 2 rings (SSSR count). The van der Waals surface area contributed by atoms with Crippen LogP contribution in [0.25, 0.3) is 10.8 Å². The molecule has 1 amide bonds. The Balaban J connectivity index is 2.61. The molecule has 0 bridgehead atoms. The van der Waals surface area contributed by atoms with Crippen molar-refractivity contribution in [3.05, 3.63) is 35.0 Å². The number of halogens is 1.